The standard InChI is InChI=1S/C17H19NO2.ClH/c1-3-20-17(19)15-11-7-8-12-16(15)18-13(2)14-9-5-4-6-10-14;/h4-13,18H,3H2,1-2H3;1H. The van der Waals surface area contributed by atoms with Gasteiger partial charge in [-0.15, -0.1) is 12.4 Å². The molecule has 0 radical (unpaired) electrons. The van der Waals surface area contributed by atoms with Crippen LogP contribution in [0, 0.1) is 0 Å². The fraction of sp³-hybridized carbons (Fsp3) is 0.235. The first-order valence-electron chi connectivity index (χ1n) is 6.80. The number of para-hydroxylation sites is 1. The Bertz CT molecular complexity index is 572. The molecular formula is C17H20ClNO2. The summed E-state index contributed by atoms with van der Waals surface area (Å²) in [6, 6.07) is 17.6. The maximum atomic E-state index is 11.9. The fourth-order valence-corrected chi connectivity index (χ4v) is 2.05. The molecule has 2 aromatic rings. The zero-order chi connectivity index (χ0) is 14.4. The van der Waals surface area contributed by atoms with Gasteiger partial charge in [0.25, 0.3) is 0 Å². The maximum Gasteiger partial charge on any atom is 0.340 e. The first-order valence-corrected chi connectivity index (χ1v) is 6.80. The van der Waals surface area contributed by atoms with E-state index < -0.39 is 0 Å². The molecule has 2 rings (SSSR count). The first kappa shape index (κ1) is 17.1. The van der Waals surface area contributed by atoms with Gasteiger partial charge in [-0.05, 0) is 31.5 Å². The van der Waals surface area contributed by atoms with Crippen molar-refractivity contribution in [1.29, 1.82) is 0 Å². The van der Waals surface area contributed by atoms with E-state index in [1.807, 2.05) is 36.4 Å². The summed E-state index contributed by atoms with van der Waals surface area (Å²) >= 11 is 0. The number of carbonyl (C=O) groups excluding carboxylic acids is 1. The molecule has 0 saturated carbocycles. The van der Waals surface area contributed by atoms with Gasteiger partial charge in [0.15, 0.2) is 0 Å². The summed E-state index contributed by atoms with van der Waals surface area (Å²) in [5.74, 6) is -0.295. The number of nitrogens with one attached hydrogen (secondary N) is 1. The Morgan fingerprint density at radius 2 is 1.71 bits per heavy atom. The third-order valence-corrected chi connectivity index (χ3v) is 3.09. The van der Waals surface area contributed by atoms with Crippen molar-refractivity contribution >= 4 is 24.1 Å². The molecule has 0 heterocycles. The van der Waals surface area contributed by atoms with E-state index in [0.717, 1.165) is 5.69 Å². The quantitative estimate of drug-likeness (QED) is 0.829. The summed E-state index contributed by atoms with van der Waals surface area (Å²) in [6.07, 6.45) is 0. The molecule has 0 aliphatic heterocycles. The van der Waals surface area contributed by atoms with E-state index in [4.69, 9.17) is 4.74 Å². The van der Waals surface area contributed by atoms with Crippen LogP contribution in [0.5, 0.6) is 0 Å². The Labute approximate surface area is 131 Å². The van der Waals surface area contributed by atoms with Crippen molar-refractivity contribution in [3.63, 3.8) is 0 Å². The summed E-state index contributed by atoms with van der Waals surface area (Å²) < 4.78 is 5.08. The van der Waals surface area contributed by atoms with Crippen LogP contribution in [0.1, 0.15) is 35.8 Å². The van der Waals surface area contributed by atoms with Crippen LogP contribution >= 0.6 is 12.4 Å². The predicted octanol–water partition coefficient (Wildman–Crippen LogP) is 4.46. The van der Waals surface area contributed by atoms with Gasteiger partial charge in [0.2, 0.25) is 0 Å². The molecular weight excluding hydrogens is 286 g/mol. The van der Waals surface area contributed by atoms with Crippen LogP contribution in [0.3, 0.4) is 0 Å². The highest BCUT2D eigenvalue weighted by molar-refractivity contribution is 5.95. The number of rotatable bonds is 5. The van der Waals surface area contributed by atoms with E-state index in [9.17, 15) is 4.79 Å². The zero-order valence-corrected chi connectivity index (χ0v) is 13.0. The van der Waals surface area contributed by atoms with Gasteiger partial charge >= 0.3 is 5.97 Å². The molecule has 0 fully saturated rings. The average Bonchev–Trinajstić information content (AvgIpc) is 2.49. The minimum Gasteiger partial charge on any atom is -0.462 e. The SMILES string of the molecule is CCOC(=O)c1ccccc1NC(C)c1ccccc1.Cl. The topological polar surface area (TPSA) is 38.3 Å². The first-order chi connectivity index (χ1) is 9.72. The van der Waals surface area contributed by atoms with Gasteiger partial charge in [0.1, 0.15) is 0 Å². The van der Waals surface area contributed by atoms with Crippen molar-refractivity contribution in [2.45, 2.75) is 19.9 Å². The Balaban J connectivity index is 0.00000220. The molecule has 0 bridgehead atoms. The largest absolute Gasteiger partial charge is 0.462 e. The Hall–Kier alpha value is -2.00. The molecule has 1 unspecified atom stereocenters. The Morgan fingerprint density at radius 3 is 2.38 bits per heavy atom. The Kier molecular flexibility index (Phi) is 6.76. The molecule has 0 saturated heterocycles. The third kappa shape index (κ3) is 4.50. The lowest BCUT2D eigenvalue weighted by Gasteiger charge is -2.17. The number of hydrogen-bond donors (Lipinski definition) is 1. The van der Waals surface area contributed by atoms with Crippen molar-refractivity contribution in [2.75, 3.05) is 11.9 Å². The molecule has 1 atom stereocenters. The van der Waals surface area contributed by atoms with Gasteiger partial charge in [0, 0.05) is 11.7 Å². The lowest BCUT2D eigenvalue weighted by atomic mass is 10.1. The van der Waals surface area contributed by atoms with Crippen molar-refractivity contribution in [1.82, 2.24) is 0 Å². The van der Waals surface area contributed by atoms with Gasteiger partial charge in [-0.2, -0.15) is 0 Å². The van der Waals surface area contributed by atoms with E-state index in [2.05, 4.69) is 24.4 Å². The number of halogens is 1. The smallest absolute Gasteiger partial charge is 0.340 e. The highest BCUT2D eigenvalue weighted by Crippen LogP contribution is 2.22. The minimum absolute atomic E-state index is 0. The molecule has 0 spiro atoms. The maximum absolute atomic E-state index is 11.9. The third-order valence-electron chi connectivity index (χ3n) is 3.09. The van der Waals surface area contributed by atoms with Gasteiger partial charge < -0.3 is 10.1 Å². The monoisotopic (exact) mass is 305 g/mol. The molecule has 0 aromatic heterocycles. The summed E-state index contributed by atoms with van der Waals surface area (Å²) in [7, 11) is 0. The van der Waals surface area contributed by atoms with Gasteiger partial charge in [-0.25, -0.2) is 4.79 Å². The molecule has 0 aliphatic carbocycles. The van der Waals surface area contributed by atoms with Crippen LogP contribution < -0.4 is 5.32 Å². The van der Waals surface area contributed by atoms with E-state index >= 15 is 0 Å². The zero-order valence-electron chi connectivity index (χ0n) is 12.2. The van der Waals surface area contributed by atoms with E-state index in [0.29, 0.717) is 12.2 Å². The molecule has 21 heavy (non-hydrogen) atoms. The van der Waals surface area contributed by atoms with E-state index in [1.165, 1.54) is 5.56 Å². The van der Waals surface area contributed by atoms with Gasteiger partial charge in [-0.3, -0.25) is 0 Å². The second-order valence-corrected chi connectivity index (χ2v) is 4.54. The van der Waals surface area contributed by atoms with E-state index in [-0.39, 0.29) is 24.4 Å². The summed E-state index contributed by atoms with van der Waals surface area (Å²) in [6.45, 7) is 4.25. The number of carbonyl (C=O) groups is 1. The molecule has 2 aromatic carbocycles. The van der Waals surface area contributed by atoms with Gasteiger partial charge in [0.05, 0.1) is 12.2 Å². The minimum atomic E-state index is -0.295. The van der Waals surface area contributed by atoms with Crippen LogP contribution in [-0.4, -0.2) is 12.6 Å². The van der Waals surface area contributed by atoms with E-state index in [1.54, 1.807) is 13.0 Å². The van der Waals surface area contributed by atoms with Crippen molar-refractivity contribution in [3.8, 4) is 0 Å². The molecule has 3 nitrogen and oxygen atoms in total. The number of benzene rings is 2. The summed E-state index contributed by atoms with van der Waals surface area (Å²) in [4.78, 5) is 11.9. The van der Waals surface area contributed by atoms with Crippen LogP contribution in [-0.2, 0) is 4.74 Å². The molecule has 112 valence electrons. The second kappa shape index (κ2) is 8.32. The number of anilines is 1. The summed E-state index contributed by atoms with van der Waals surface area (Å²) in [5.41, 5.74) is 2.53. The van der Waals surface area contributed by atoms with Crippen LogP contribution in [0.25, 0.3) is 0 Å². The highest BCUT2D eigenvalue weighted by atomic mass is 35.5. The van der Waals surface area contributed by atoms with Crippen molar-refractivity contribution in [2.24, 2.45) is 0 Å². The van der Waals surface area contributed by atoms with Crippen LogP contribution in [0.2, 0.25) is 0 Å². The normalized spacial score (nSPS) is 11.1. The number of esters is 1. The van der Waals surface area contributed by atoms with Crippen LogP contribution in [0.15, 0.2) is 54.6 Å². The molecule has 1 N–H and O–H groups in total. The summed E-state index contributed by atoms with van der Waals surface area (Å²) in [5, 5.41) is 3.37. The fourth-order valence-electron chi connectivity index (χ4n) is 2.05. The predicted molar refractivity (Wildman–Crippen MR) is 88.1 cm³/mol. The number of ether oxygens (including phenoxy) is 1. The lowest BCUT2D eigenvalue weighted by Crippen LogP contribution is -2.12. The Morgan fingerprint density at radius 1 is 1.10 bits per heavy atom. The lowest BCUT2D eigenvalue weighted by molar-refractivity contribution is 0.0527. The van der Waals surface area contributed by atoms with Crippen molar-refractivity contribution in [3.05, 3.63) is 65.7 Å². The molecule has 0 aliphatic rings. The average molecular weight is 306 g/mol. The molecule has 0 amide bonds. The van der Waals surface area contributed by atoms with Crippen LogP contribution in [0.4, 0.5) is 5.69 Å². The number of hydrogen-bond acceptors (Lipinski definition) is 3. The highest BCUT2D eigenvalue weighted by Gasteiger charge is 2.13. The molecule has 4 heteroatoms. The second-order valence-electron chi connectivity index (χ2n) is 4.54. The van der Waals surface area contributed by atoms with Gasteiger partial charge in [-0.1, -0.05) is 42.5 Å². The van der Waals surface area contributed by atoms with Crippen molar-refractivity contribution < 1.29 is 9.53 Å².